The summed E-state index contributed by atoms with van der Waals surface area (Å²) in [5.41, 5.74) is 0.739. The second-order valence-corrected chi connectivity index (χ2v) is 12.4. The number of rotatable bonds is 6. The second kappa shape index (κ2) is 7.73. The first-order valence-electron chi connectivity index (χ1n) is 9.11. The van der Waals surface area contributed by atoms with Gasteiger partial charge < -0.3 is 13.9 Å². The van der Waals surface area contributed by atoms with Crippen LogP contribution in [0.2, 0.25) is 19.6 Å². The predicted molar refractivity (Wildman–Crippen MR) is 109 cm³/mol. The van der Waals surface area contributed by atoms with Crippen molar-refractivity contribution in [3.63, 3.8) is 0 Å². The van der Waals surface area contributed by atoms with Crippen molar-refractivity contribution in [2.75, 3.05) is 0 Å². The summed E-state index contributed by atoms with van der Waals surface area (Å²) >= 11 is 0. The van der Waals surface area contributed by atoms with Gasteiger partial charge >= 0.3 is 0 Å². The Balaban J connectivity index is 2.54. The highest BCUT2D eigenvalue weighted by Gasteiger charge is 2.55. The molecule has 1 atom stereocenters. The van der Waals surface area contributed by atoms with Gasteiger partial charge in [0, 0.05) is 11.1 Å². The molecule has 0 amide bonds. The SMILES string of the molecule is C=C1C(OC(C)C)=C(OC(C)C)C1(C#Cc1ccccc1)O[Si](C)(C)C. The lowest BCUT2D eigenvalue weighted by molar-refractivity contribution is 0.00461. The summed E-state index contributed by atoms with van der Waals surface area (Å²) in [4.78, 5) is 0. The molecule has 140 valence electrons. The standard InChI is InChI=1S/C22H30O3Si/c1-16(2)23-20-18(5)22(25-26(6,7)8,21(20)24-17(3)4)15-14-19-12-10-9-11-13-19/h9-13,16-17H,5H2,1-4,6-8H3. The Hall–Kier alpha value is -1.96. The van der Waals surface area contributed by atoms with E-state index in [1.165, 1.54) is 0 Å². The third-order valence-electron chi connectivity index (χ3n) is 3.55. The first kappa shape index (κ1) is 20.4. The maximum absolute atomic E-state index is 6.52. The van der Waals surface area contributed by atoms with Gasteiger partial charge in [0.15, 0.2) is 19.8 Å². The highest BCUT2D eigenvalue weighted by molar-refractivity contribution is 6.70. The summed E-state index contributed by atoms with van der Waals surface area (Å²) in [5, 5.41) is 0. The van der Waals surface area contributed by atoms with E-state index in [0.717, 1.165) is 11.1 Å². The van der Waals surface area contributed by atoms with E-state index in [1.807, 2.05) is 58.0 Å². The topological polar surface area (TPSA) is 27.7 Å². The Bertz CT molecular complexity index is 745. The van der Waals surface area contributed by atoms with E-state index >= 15 is 0 Å². The van der Waals surface area contributed by atoms with Crippen LogP contribution < -0.4 is 0 Å². The summed E-state index contributed by atoms with van der Waals surface area (Å²) in [5.74, 6) is 7.87. The van der Waals surface area contributed by atoms with Crippen molar-refractivity contribution in [2.45, 2.75) is 65.1 Å². The molecular weight excluding hydrogens is 340 g/mol. The van der Waals surface area contributed by atoms with Gasteiger partial charge in [0.2, 0.25) is 5.60 Å². The molecule has 0 aliphatic heterocycles. The van der Waals surface area contributed by atoms with Crippen LogP contribution in [-0.2, 0) is 13.9 Å². The molecule has 1 aliphatic carbocycles. The smallest absolute Gasteiger partial charge is 0.210 e. The van der Waals surface area contributed by atoms with Gasteiger partial charge in [0.1, 0.15) is 0 Å². The summed E-state index contributed by atoms with van der Waals surface area (Å²) in [6, 6.07) is 9.88. The van der Waals surface area contributed by atoms with Crippen molar-refractivity contribution in [1.82, 2.24) is 0 Å². The zero-order chi connectivity index (χ0) is 19.5. The summed E-state index contributed by atoms with van der Waals surface area (Å²) in [6.07, 6.45) is 0.0199. The van der Waals surface area contributed by atoms with Crippen LogP contribution >= 0.6 is 0 Å². The van der Waals surface area contributed by atoms with Crippen LogP contribution in [0.4, 0.5) is 0 Å². The fraction of sp³-hybridized carbons (Fsp3) is 0.455. The van der Waals surface area contributed by atoms with E-state index in [0.29, 0.717) is 11.5 Å². The molecule has 0 saturated carbocycles. The molecule has 1 aliphatic rings. The van der Waals surface area contributed by atoms with Crippen molar-refractivity contribution >= 4 is 8.32 Å². The number of hydrogen-bond donors (Lipinski definition) is 0. The Morgan fingerprint density at radius 2 is 1.54 bits per heavy atom. The van der Waals surface area contributed by atoms with Gasteiger partial charge in [-0.1, -0.05) is 36.6 Å². The van der Waals surface area contributed by atoms with Gasteiger partial charge in [-0.15, -0.1) is 0 Å². The van der Waals surface area contributed by atoms with Gasteiger partial charge in [-0.3, -0.25) is 0 Å². The molecule has 0 N–H and O–H groups in total. The zero-order valence-electron chi connectivity index (χ0n) is 17.0. The Morgan fingerprint density at radius 1 is 0.962 bits per heavy atom. The molecule has 0 spiro atoms. The van der Waals surface area contributed by atoms with E-state index in [-0.39, 0.29) is 12.2 Å². The molecule has 4 heteroatoms. The fourth-order valence-corrected chi connectivity index (χ4v) is 3.86. The minimum absolute atomic E-state index is 0.00741. The first-order valence-corrected chi connectivity index (χ1v) is 12.5. The third-order valence-corrected chi connectivity index (χ3v) is 4.47. The average Bonchev–Trinajstić information content (AvgIpc) is 2.54. The van der Waals surface area contributed by atoms with Crippen molar-refractivity contribution in [2.24, 2.45) is 0 Å². The fourth-order valence-electron chi connectivity index (χ4n) is 2.67. The molecule has 0 fully saturated rings. The highest BCUT2D eigenvalue weighted by Crippen LogP contribution is 2.49. The summed E-state index contributed by atoms with van der Waals surface area (Å²) in [7, 11) is -1.94. The molecule has 0 heterocycles. The van der Waals surface area contributed by atoms with E-state index < -0.39 is 13.9 Å². The zero-order valence-corrected chi connectivity index (χ0v) is 18.0. The van der Waals surface area contributed by atoms with Crippen LogP contribution in [0.1, 0.15) is 33.3 Å². The van der Waals surface area contributed by atoms with Crippen molar-refractivity contribution in [1.29, 1.82) is 0 Å². The molecule has 0 radical (unpaired) electrons. The van der Waals surface area contributed by atoms with Gasteiger partial charge in [0.05, 0.1) is 12.2 Å². The van der Waals surface area contributed by atoms with Gasteiger partial charge in [-0.05, 0) is 59.5 Å². The molecular formula is C22H30O3Si. The quantitative estimate of drug-likeness (QED) is 0.505. The van der Waals surface area contributed by atoms with E-state index in [4.69, 9.17) is 13.9 Å². The predicted octanol–water partition coefficient (Wildman–Crippen LogP) is 5.26. The van der Waals surface area contributed by atoms with E-state index in [1.54, 1.807) is 0 Å². The second-order valence-electron chi connectivity index (χ2n) is 7.98. The van der Waals surface area contributed by atoms with Crippen molar-refractivity contribution in [3.8, 4) is 11.8 Å². The molecule has 0 bridgehead atoms. The average molecular weight is 371 g/mol. The van der Waals surface area contributed by atoms with Crippen LogP contribution in [0.5, 0.6) is 0 Å². The maximum Gasteiger partial charge on any atom is 0.210 e. The lowest BCUT2D eigenvalue weighted by Crippen LogP contribution is -2.52. The molecule has 3 nitrogen and oxygen atoms in total. The van der Waals surface area contributed by atoms with E-state index in [9.17, 15) is 0 Å². The number of benzene rings is 1. The van der Waals surface area contributed by atoms with Gasteiger partial charge in [0.25, 0.3) is 0 Å². The summed E-state index contributed by atoms with van der Waals surface area (Å²) in [6.45, 7) is 18.6. The Kier molecular flexibility index (Phi) is 6.05. The van der Waals surface area contributed by atoms with Crippen LogP contribution in [-0.4, -0.2) is 26.1 Å². The molecule has 1 aromatic carbocycles. The Labute approximate surface area is 159 Å². The first-order chi connectivity index (χ1) is 12.0. The molecule has 0 saturated heterocycles. The molecule has 1 unspecified atom stereocenters. The van der Waals surface area contributed by atoms with Crippen LogP contribution in [0, 0.1) is 11.8 Å². The van der Waals surface area contributed by atoms with Crippen molar-refractivity contribution in [3.05, 3.63) is 59.6 Å². The van der Waals surface area contributed by atoms with Gasteiger partial charge in [-0.25, -0.2) is 0 Å². The summed E-state index contributed by atoms with van der Waals surface area (Å²) < 4.78 is 18.6. The maximum atomic E-state index is 6.52. The van der Waals surface area contributed by atoms with Gasteiger partial charge in [-0.2, -0.15) is 0 Å². The van der Waals surface area contributed by atoms with Crippen LogP contribution in [0.15, 0.2) is 54.0 Å². The lowest BCUT2D eigenvalue weighted by atomic mass is 9.79. The molecule has 2 rings (SSSR count). The third kappa shape index (κ3) is 4.60. The normalized spacial score (nSPS) is 20.0. The number of ether oxygens (including phenoxy) is 2. The largest absolute Gasteiger partial charge is 0.487 e. The van der Waals surface area contributed by atoms with Crippen molar-refractivity contribution < 1.29 is 13.9 Å². The Morgan fingerprint density at radius 3 is 2.04 bits per heavy atom. The molecule has 1 aromatic rings. The number of hydrogen-bond acceptors (Lipinski definition) is 3. The monoisotopic (exact) mass is 370 g/mol. The van der Waals surface area contributed by atoms with Crippen LogP contribution in [0.3, 0.4) is 0 Å². The lowest BCUT2D eigenvalue weighted by Gasteiger charge is -2.46. The van der Waals surface area contributed by atoms with Crippen LogP contribution in [0.25, 0.3) is 0 Å². The minimum atomic E-state index is -1.94. The molecule has 0 aromatic heterocycles. The molecule has 26 heavy (non-hydrogen) atoms. The highest BCUT2D eigenvalue weighted by atomic mass is 28.4. The van der Waals surface area contributed by atoms with E-state index in [2.05, 4.69) is 38.1 Å². The minimum Gasteiger partial charge on any atom is -0.487 e.